The highest BCUT2D eigenvalue weighted by atomic mass is 16.3. The molecule has 0 bridgehead atoms. The van der Waals surface area contributed by atoms with Gasteiger partial charge in [0.1, 0.15) is 0 Å². The van der Waals surface area contributed by atoms with E-state index in [4.69, 9.17) is 10.8 Å². The highest BCUT2D eigenvalue weighted by molar-refractivity contribution is 5.94. The second kappa shape index (κ2) is 7.13. The molecule has 0 saturated carbocycles. The van der Waals surface area contributed by atoms with Gasteiger partial charge in [-0.1, -0.05) is 26.3 Å². The fourth-order valence-electron chi connectivity index (χ4n) is 2.29. The van der Waals surface area contributed by atoms with E-state index in [1.807, 2.05) is 12.1 Å². The second-order valence-corrected chi connectivity index (χ2v) is 5.01. The van der Waals surface area contributed by atoms with Gasteiger partial charge in [-0.3, -0.25) is 0 Å². The number of aryl methyl sites for hydroxylation is 1. The molecule has 0 aliphatic rings. The molecule has 1 aromatic heterocycles. The first kappa shape index (κ1) is 15.4. The van der Waals surface area contributed by atoms with E-state index in [1.165, 1.54) is 5.56 Å². The average molecular weight is 286 g/mol. The smallest absolute Gasteiger partial charge is 0.222 e. The molecular formula is C16H22N4O. The predicted octanol–water partition coefficient (Wildman–Crippen LogP) is 3.03. The van der Waals surface area contributed by atoms with Crippen LogP contribution in [0, 0.1) is 0 Å². The van der Waals surface area contributed by atoms with Gasteiger partial charge in [-0.25, -0.2) is 9.98 Å². The summed E-state index contributed by atoms with van der Waals surface area (Å²) in [5.74, 6) is 0.829. The van der Waals surface area contributed by atoms with E-state index in [0.717, 1.165) is 35.9 Å². The van der Waals surface area contributed by atoms with Crippen molar-refractivity contribution < 1.29 is 5.11 Å². The number of hydrogen-bond acceptors (Lipinski definition) is 5. The minimum atomic E-state index is 0.0948. The van der Waals surface area contributed by atoms with Crippen molar-refractivity contribution in [1.29, 1.82) is 0 Å². The van der Waals surface area contributed by atoms with Gasteiger partial charge in [-0.2, -0.15) is 4.98 Å². The normalized spacial score (nSPS) is 12.0. The molecule has 0 saturated heterocycles. The summed E-state index contributed by atoms with van der Waals surface area (Å²) in [5, 5.41) is 10.1. The van der Waals surface area contributed by atoms with Crippen molar-refractivity contribution in [3.05, 3.63) is 23.8 Å². The highest BCUT2D eigenvalue weighted by Gasteiger charge is 2.08. The molecule has 0 aliphatic carbocycles. The molecule has 0 spiro atoms. The number of rotatable bonds is 6. The molecule has 0 fully saturated rings. The maximum Gasteiger partial charge on any atom is 0.222 e. The average Bonchev–Trinajstić information content (AvgIpc) is 2.47. The van der Waals surface area contributed by atoms with E-state index in [0.29, 0.717) is 12.2 Å². The lowest BCUT2D eigenvalue weighted by Crippen LogP contribution is -2.02. The van der Waals surface area contributed by atoms with E-state index < -0.39 is 0 Å². The van der Waals surface area contributed by atoms with Gasteiger partial charge in [0.15, 0.2) is 5.82 Å². The molecule has 5 heteroatoms. The van der Waals surface area contributed by atoms with Gasteiger partial charge in [0.25, 0.3) is 0 Å². The summed E-state index contributed by atoms with van der Waals surface area (Å²) < 4.78 is 0. The van der Waals surface area contributed by atoms with E-state index in [9.17, 15) is 0 Å². The van der Waals surface area contributed by atoms with Crippen LogP contribution < -0.4 is 5.73 Å². The zero-order valence-electron chi connectivity index (χ0n) is 12.6. The third-order valence-corrected chi connectivity index (χ3v) is 3.37. The summed E-state index contributed by atoms with van der Waals surface area (Å²) in [6.07, 6.45) is 3.34. The third-order valence-electron chi connectivity index (χ3n) is 3.37. The first-order valence-corrected chi connectivity index (χ1v) is 7.41. The zero-order chi connectivity index (χ0) is 15.2. The third kappa shape index (κ3) is 3.76. The van der Waals surface area contributed by atoms with Crippen LogP contribution in [0.2, 0.25) is 0 Å². The molecule has 1 aromatic carbocycles. The van der Waals surface area contributed by atoms with E-state index in [1.54, 1.807) is 0 Å². The Labute approximate surface area is 125 Å². The number of nitrogens with two attached hydrogens (primary N) is 1. The van der Waals surface area contributed by atoms with Crippen LogP contribution in [0.3, 0.4) is 0 Å². The Bertz CT molecular complexity index is 644. The lowest BCUT2D eigenvalue weighted by Gasteiger charge is -2.07. The maximum atomic E-state index is 9.15. The first-order chi connectivity index (χ1) is 10.2. The summed E-state index contributed by atoms with van der Waals surface area (Å²) in [7, 11) is 0. The lowest BCUT2D eigenvalue weighted by atomic mass is 10.1. The largest absolute Gasteiger partial charge is 0.396 e. The Morgan fingerprint density at radius 2 is 2.05 bits per heavy atom. The Balaban J connectivity index is 2.57. The molecule has 112 valence electrons. The van der Waals surface area contributed by atoms with Crippen LogP contribution in [0.15, 0.2) is 23.2 Å². The molecule has 3 N–H and O–H groups in total. The second-order valence-electron chi connectivity index (χ2n) is 5.01. The van der Waals surface area contributed by atoms with Crippen LogP contribution in [0.25, 0.3) is 10.9 Å². The summed E-state index contributed by atoms with van der Waals surface area (Å²) >= 11 is 0. The summed E-state index contributed by atoms with van der Waals surface area (Å²) in [5.41, 5.74) is 8.74. The number of aliphatic imine (C=N–C) groups is 1. The molecule has 0 amide bonds. The van der Waals surface area contributed by atoms with E-state index >= 15 is 0 Å². The number of fused-ring (bicyclic) bond motifs is 1. The van der Waals surface area contributed by atoms with Gasteiger partial charge >= 0.3 is 0 Å². The number of aliphatic hydroxyl groups excluding tert-OH is 1. The minimum absolute atomic E-state index is 0.0948. The van der Waals surface area contributed by atoms with Crippen LogP contribution in [0.1, 0.15) is 38.7 Å². The van der Waals surface area contributed by atoms with Gasteiger partial charge in [-0.05, 0) is 30.5 Å². The Kier molecular flexibility index (Phi) is 5.22. The quantitative estimate of drug-likeness (QED) is 0.799. The van der Waals surface area contributed by atoms with Gasteiger partial charge in [0.2, 0.25) is 5.95 Å². The summed E-state index contributed by atoms with van der Waals surface area (Å²) in [6, 6.07) is 6.07. The Morgan fingerprint density at radius 1 is 1.24 bits per heavy atom. The zero-order valence-corrected chi connectivity index (χ0v) is 12.6. The number of aliphatic hydroxyl groups is 1. The number of anilines is 1. The standard InChI is InChI=1S/C16H22N4O/c1-3-5-12(8-9-21)18-15-13-10-11(4-2)6-7-14(13)19-16(17)20-15/h6-7,10,21H,3-5,8-9H2,1-2H3,(H2,17,19,20)/b18-12-. The van der Waals surface area contributed by atoms with Crippen molar-refractivity contribution in [2.24, 2.45) is 4.99 Å². The summed E-state index contributed by atoms with van der Waals surface area (Å²) in [6.45, 7) is 4.29. The molecule has 0 unspecified atom stereocenters. The number of aromatic nitrogens is 2. The van der Waals surface area contributed by atoms with Crippen molar-refractivity contribution in [3.8, 4) is 0 Å². The molecule has 0 atom stereocenters. The molecule has 1 heterocycles. The van der Waals surface area contributed by atoms with Crippen LogP contribution in [0.5, 0.6) is 0 Å². The fraction of sp³-hybridized carbons (Fsp3) is 0.438. The molecule has 5 nitrogen and oxygen atoms in total. The highest BCUT2D eigenvalue weighted by Crippen LogP contribution is 2.26. The summed E-state index contributed by atoms with van der Waals surface area (Å²) in [4.78, 5) is 13.2. The van der Waals surface area contributed by atoms with Gasteiger partial charge < -0.3 is 10.8 Å². The SMILES string of the molecule is CCC/C(CCO)=N/c1nc(N)nc2ccc(CC)cc12. The maximum absolute atomic E-state index is 9.15. The molecule has 0 radical (unpaired) electrons. The number of hydrogen-bond donors (Lipinski definition) is 2. The molecule has 2 aromatic rings. The Hall–Kier alpha value is -2.01. The number of nitrogens with zero attached hydrogens (tertiary/aromatic N) is 3. The molecule has 21 heavy (non-hydrogen) atoms. The van der Waals surface area contributed by atoms with Crippen LogP contribution in [0.4, 0.5) is 11.8 Å². The minimum Gasteiger partial charge on any atom is -0.396 e. The van der Waals surface area contributed by atoms with Crippen LogP contribution >= 0.6 is 0 Å². The van der Waals surface area contributed by atoms with E-state index in [2.05, 4.69) is 34.9 Å². The first-order valence-electron chi connectivity index (χ1n) is 7.41. The van der Waals surface area contributed by atoms with Gasteiger partial charge in [-0.15, -0.1) is 0 Å². The van der Waals surface area contributed by atoms with Crippen molar-refractivity contribution in [2.45, 2.75) is 39.5 Å². The number of benzene rings is 1. The topological polar surface area (TPSA) is 84.4 Å². The number of nitrogen functional groups attached to an aromatic ring is 1. The van der Waals surface area contributed by atoms with Crippen molar-refractivity contribution in [1.82, 2.24) is 9.97 Å². The molecule has 0 aliphatic heterocycles. The van der Waals surface area contributed by atoms with Crippen molar-refractivity contribution >= 4 is 28.4 Å². The molecular weight excluding hydrogens is 264 g/mol. The fourth-order valence-corrected chi connectivity index (χ4v) is 2.29. The lowest BCUT2D eigenvalue weighted by molar-refractivity contribution is 0.306. The van der Waals surface area contributed by atoms with Crippen molar-refractivity contribution in [2.75, 3.05) is 12.3 Å². The van der Waals surface area contributed by atoms with Gasteiger partial charge in [0.05, 0.1) is 5.52 Å². The van der Waals surface area contributed by atoms with E-state index in [-0.39, 0.29) is 12.6 Å². The monoisotopic (exact) mass is 286 g/mol. The van der Waals surface area contributed by atoms with Crippen LogP contribution in [-0.2, 0) is 6.42 Å². The molecule has 2 rings (SSSR count). The van der Waals surface area contributed by atoms with Crippen LogP contribution in [-0.4, -0.2) is 27.4 Å². The predicted molar refractivity (Wildman–Crippen MR) is 87.0 cm³/mol. The van der Waals surface area contributed by atoms with Crippen molar-refractivity contribution in [3.63, 3.8) is 0 Å². The van der Waals surface area contributed by atoms with Gasteiger partial charge in [0, 0.05) is 24.1 Å². The Morgan fingerprint density at radius 3 is 2.71 bits per heavy atom.